The zero-order valence-electron chi connectivity index (χ0n) is 25.1. The average Bonchev–Trinajstić information content (AvgIpc) is 2.96. The van der Waals surface area contributed by atoms with Gasteiger partial charge in [-0.15, -0.1) is 0 Å². The molecule has 0 saturated carbocycles. The van der Waals surface area contributed by atoms with Crippen molar-refractivity contribution >= 4 is 5.97 Å². The quantitative estimate of drug-likeness (QED) is 0.0670. The fourth-order valence-corrected chi connectivity index (χ4v) is 4.41. The normalized spacial score (nSPS) is 11.7. The highest BCUT2D eigenvalue weighted by Gasteiger charge is 2.36. The summed E-state index contributed by atoms with van der Waals surface area (Å²) in [5.74, 6) is -0.716. The Hall–Kier alpha value is -3.81. The van der Waals surface area contributed by atoms with E-state index in [1.54, 1.807) is 31.2 Å². The van der Waals surface area contributed by atoms with Crippen LogP contribution < -0.4 is 9.47 Å². The highest BCUT2D eigenvalue weighted by atomic mass is 19.3. The van der Waals surface area contributed by atoms with Gasteiger partial charge in [-0.2, -0.15) is 17.6 Å². The highest BCUT2D eigenvalue weighted by molar-refractivity contribution is 5.86. The number of hydrogen-bond donors (Lipinski definition) is 0. The molecule has 0 bridgehead atoms. The molecular formula is C35H40F4O4. The van der Waals surface area contributed by atoms with Crippen LogP contribution in [0.25, 0.3) is 0 Å². The first kappa shape index (κ1) is 33.7. The summed E-state index contributed by atoms with van der Waals surface area (Å²) >= 11 is 0. The van der Waals surface area contributed by atoms with E-state index in [-0.39, 0.29) is 28.2 Å². The standard InChI is InChI=1S/C35H40F4O4/c1-5-6-8-11-27-13-17-29(18-14-27)34(36,37)42-31-21-22-32(26(4)24-31)43-35(38,39)30-19-15-28(16-20-30)12-9-7-10-23-41-33(40)25(2)3/h13-22,24H,2,5-12,23H2,1,3-4H3. The van der Waals surface area contributed by atoms with Crippen LogP contribution in [0.3, 0.4) is 0 Å². The lowest BCUT2D eigenvalue weighted by Gasteiger charge is -2.22. The van der Waals surface area contributed by atoms with Crippen molar-refractivity contribution in [3.8, 4) is 11.5 Å². The van der Waals surface area contributed by atoms with Gasteiger partial charge in [0.05, 0.1) is 17.7 Å². The highest BCUT2D eigenvalue weighted by Crippen LogP contribution is 2.37. The Morgan fingerprint density at radius 1 is 0.744 bits per heavy atom. The molecule has 0 spiro atoms. The molecule has 3 aromatic rings. The molecule has 4 nitrogen and oxygen atoms in total. The van der Waals surface area contributed by atoms with Gasteiger partial charge in [-0.25, -0.2) is 4.79 Å². The number of benzene rings is 3. The van der Waals surface area contributed by atoms with Crippen molar-refractivity contribution in [3.05, 3.63) is 107 Å². The van der Waals surface area contributed by atoms with Crippen LogP contribution in [0.15, 0.2) is 78.9 Å². The van der Waals surface area contributed by atoms with Crippen molar-refractivity contribution < 1.29 is 36.6 Å². The monoisotopic (exact) mass is 600 g/mol. The van der Waals surface area contributed by atoms with E-state index in [1.165, 1.54) is 49.4 Å². The van der Waals surface area contributed by atoms with Crippen LogP contribution >= 0.6 is 0 Å². The Balaban J connectivity index is 1.53. The molecule has 3 rings (SSSR count). The fourth-order valence-electron chi connectivity index (χ4n) is 4.41. The minimum absolute atomic E-state index is 0.145. The van der Waals surface area contributed by atoms with Gasteiger partial charge in [-0.05, 0) is 112 Å². The summed E-state index contributed by atoms with van der Waals surface area (Å²) in [6.07, 6.45) is -0.215. The van der Waals surface area contributed by atoms with Gasteiger partial charge in [0, 0.05) is 5.57 Å². The Morgan fingerprint density at radius 2 is 1.28 bits per heavy atom. The first-order valence-corrected chi connectivity index (χ1v) is 14.7. The van der Waals surface area contributed by atoms with Gasteiger partial charge >= 0.3 is 18.2 Å². The van der Waals surface area contributed by atoms with Crippen molar-refractivity contribution in [2.45, 2.75) is 84.4 Å². The maximum Gasteiger partial charge on any atom is 0.426 e. The number of aryl methyl sites for hydroxylation is 3. The summed E-state index contributed by atoms with van der Waals surface area (Å²) in [4.78, 5) is 11.4. The van der Waals surface area contributed by atoms with E-state index in [2.05, 4.69) is 13.5 Å². The second-order valence-electron chi connectivity index (χ2n) is 10.7. The number of carbonyl (C=O) groups is 1. The smallest absolute Gasteiger partial charge is 0.426 e. The summed E-state index contributed by atoms with van der Waals surface area (Å²) in [5, 5.41) is 0. The molecule has 0 heterocycles. The lowest BCUT2D eigenvalue weighted by molar-refractivity contribution is -0.188. The number of ether oxygens (including phenoxy) is 3. The second kappa shape index (κ2) is 15.6. The molecule has 0 saturated heterocycles. The first-order chi connectivity index (χ1) is 20.4. The van der Waals surface area contributed by atoms with Crippen molar-refractivity contribution in [1.82, 2.24) is 0 Å². The number of esters is 1. The van der Waals surface area contributed by atoms with Crippen LogP contribution in [-0.2, 0) is 34.6 Å². The molecule has 0 N–H and O–H groups in total. The van der Waals surface area contributed by atoms with Crippen LogP contribution in [0.1, 0.15) is 80.2 Å². The zero-order chi connectivity index (χ0) is 31.5. The van der Waals surface area contributed by atoms with E-state index in [4.69, 9.17) is 14.2 Å². The van der Waals surface area contributed by atoms with Gasteiger partial charge in [0.2, 0.25) is 0 Å². The number of carbonyl (C=O) groups excluding carboxylic acids is 1. The molecule has 0 radical (unpaired) electrons. The second-order valence-corrected chi connectivity index (χ2v) is 10.7. The van der Waals surface area contributed by atoms with Gasteiger partial charge in [-0.1, -0.05) is 50.6 Å². The third-order valence-corrected chi connectivity index (χ3v) is 6.97. The van der Waals surface area contributed by atoms with Crippen LogP contribution in [-0.4, -0.2) is 12.6 Å². The Kier molecular flexibility index (Phi) is 12.2. The summed E-state index contributed by atoms with van der Waals surface area (Å²) in [6, 6.07) is 15.6. The van der Waals surface area contributed by atoms with E-state index in [9.17, 15) is 22.4 Å². The molecule has 0 aliphatic carbocycles. The lowest BCUT2D eigenvalue weighted by Crippen LogP contribution is -2.23. The van der Waals surface area contributed by atoms with Gasteiger partial charge in [-0.3, -0.25) is 0 Å². The number of halogens is 4. The Bertz CT molecular complexity index is 1330. The predicted molar refractivity (Wildman–Crippen MR) is 160 cm³/mol. The van der Waals surface area contributed by atoms with Gasteiger partial charge in [0.1, 0.15) is 11.5 Å². The fraction of sp³-hybridized carbons (Fsp3) is 0.400. The molecule has 0 aromatic heterocycles. The van der Waals surface area contributed by atoms with E-state index in [0.717, 1.165) is 49.7 Å². The maximum absolute atomic E-state index is 15.0. The van der Waals surface area contributed by atoms with E-state index >= 15 is 0 Å². The van der Waals surface area contributed by atoms with Gasteiger partial charge in [0.25, 0.3) is 0 Å². The van der Waals surface area contributed by atoms with Gasteiger partial charge in [0.15, 0.2) is 0 Å². The van der Waals surface area contributed by atoms with Crippen LogP contribution in [0.2, 0.25) is 0 Å². The zero-order valence-corrected chi connectivity index (χ0v) is 25.1. The molecule has 0 aliphatic heterocycles. The molecular weight excluding hydrogens is 560 g/mol. The van der Waals surface area contributed by atoms with Crippen molar-refractivity contribution in [2.24, 2.45) is 0 Å². The number of rotatable bonds is 17. The third kappa shape index (κ3) is 10.4. The third-order valence-electron chi connectivity index (χ3n) is 6.97. The lowest BCUT2D eigenvalue weighted by atomic mass is 10.0. The van der Waals surface area contributed by atoms with Crippen LogP contribution in [0.4, 0.5) is 17.6 Å². The van der Waals surface area contributed by atoms with Crippen LogP contribution in [0.5, 0.6) is 11.5 Å². The largest absolute Gasteiger partial charge is 0.462 e. The number of hydrogen-bond acceptors (Lipinski definition) is 4. The van der Waals surface area contributed by atoms with Gasteiger partial charge < -0.3 is 14.2 Å². The summed E-state index contributed by atoms with van der Waals surface area (Å²) < 4.78 is 74.6. The van der Waals surface area contributed by atoms with E-state index < -0.39 is 18.2 Å². The Morgan fingerprint density at radius 3 is 1.79 bits per heavy atom. The molecule has 43 heavy (non-hydrogen) atoms. The van der Waals surface area contributed by atoms with E-state index in [0.29, 0.717) is 25.0 Å². The molecule has 0 atom stereocenters. The minimum Gasteiger partial charge on any atom is -0.462 e. The predicted octanol–water partition coefficient (Wildman–Crippen LogP) is 9.82. The molecule has 0 unspecified atom stereocenters. The topological polar surface area (TPSA) is 44.8 Å². The molecule has 232 valence electrons. The average molecular weight is 601 g/mol. The number of unbranched alkanes of at least 4 members (excludes halogenated alkanes) is 4. The maximum atomic E-state index is 15.0. The summed E-state index contributed by atoms with van der Waals surface area (Å²) in [5.41, 5.74) is 1.85. The molecule has 8 heteroatoms. The summed E-state index contributed by atoms with van der Waals surface area (Å²) in [6.45, 7) is 9.03. The summed E-state index contributed by atoms with van der Waals surface area (Å²) in [7, 11) is 0. The van der Waals surface area contributed by atoms with Crippen molar-refractivity contribution in [3.63, 3.8) is 0 Å². The molecule has 0 fully saturated rings. The Labute approximate surface area is 251 Å². The van der Waals surface area contributed by atoms with Crippen molar-refractivity contribution in [2.75, 3.05) is 6.61 Å². The first-order valence-electron chi connectivity index (χ1n) is 14.7. The molecule has 0 aliphatic rings. The number of alkyl halides is 4. The molecule has 0 amide bonds. The molecule has 3 aromatic carbocycles. The van der Waals surface area contributed by atoms with Crippen LogP contribution in [0, 0.1) is 6.92 Å². The minimum atomic E-state index is -3.64. The van der Waals surface area contributed by atoms with Crippen molar-refractivity contribution in [1.29, 1.82) is 0 Å². The SMILES string of the molecule is C=C(C)C(=O)OCCCCCc1ccc(C(F)(F)Oc2ccc(OC(F)(F)c3ccc(CCCCC)cc3)cc2C)cc1. The van der Waals surface area contributed by atoms with E-state index in [1.807, 2.05) is 0 Å².